The number of ether oxygens (including phenoxy) is 2. The topological polar surface area (TPSA) is 95.9 Å². The molecule has 4 fully saturated rings. The van der Waals surface area contributed by atoms with E-state index in [0.717, 1.165) is 43.5 Å². The summed E-state index contributed by atoms with van der Waals surface area (Å²) in [6.07, 6.45) is 10.1. The Morgan fingerprint density at radius 1 is 1.19 bits per heavy atom. The molecule has 0 amide bonds. The standard InChI is InChI=1S/C37H36F2N6O3/c1-5-26-29(38)7-6-23-10-25(46)11-27(30(23)26)32-31(39)33-28(14-40-32)34(44-17-24-8-9-36(18-44,43-24)19-47-4)42-35(41-33)48-20-37-12-21(2)15-45(37)16-22(3)13-37/h1,6-7,10-11,14,24,43,46H,2-3,8-9,12-13,15-20H2,4H3/t24-,36+/m0/s1/i4D3. The van der Waals surface area contributed by atoms with Crippen molar-refractivity contribution in [1.82, 2.24) is 25.2 Å². The Labute approximate surface area is 281 Å². The van der Waals surface area contributed by atoms with Crippen LogP contribution in [0.15, 0.2) is 54.8 Å². The molecule has 0 spiro atoms. The van der Waals surface area contributed by atoms with E-state index in [1.54, 1.807) is 0 Å². The molecule has 48 heavy (non-hydrogen) atoms. The van der Waals surface area contributed by atoms with Crippen molar-refractivity contribution in [2.24, 2.45) is 0 Å². The molecule has 4 aliphatic heterocycles. The molecule has 11 heteroatoms. The number of terminal acetylenes is 1. The molecule has 2 N–H and O–H groups in total. The number of anilines is 1. The summed E-state index contributed by atoms with van der Waals surface area (Å²) in [5.74, 6) is 1.06. The van der Waals surface area contributed by atoms with Crippen LogP contribution in [0.4, 0.5) is 14.6 Å². The van der Waals surface area contributed by atoms with Gasteiger partial charge < -0.3 is 24.8 Å². The van der Waals surface area contributed by atoms with Gasteiger partial charge in [0.1, 0.15) is 35.2 Å². The minimum atomic E-state index is -2.56. The van der Waals surface area contributed by atoms with Gasteiger partial charge in [-0.05, 0) is 49.3 Å². The van der Waals surface area contributed by atoms with E-state index in [4.69, 9.17) is 25.0 Å². The van der Waals surface area contributed by atoms with Gasteiger partial charge in [-0.25, -0.2) is 8.78 Å². The highest BCUT2D eigenvalue weighted by molar-refractivity contribution is 6.03. The largest absolute Gasteiger partial charge is 0.508 e. The molecule has 8 rings (SSSR count). The smallest absolute Gasteiger partial charge is 0.319 e. The van der Waals surface area contributed by atoms with Gasteiger partial charge in [-0.1, -0.05) is 36.3 Å². The lowest BCUT2D eigenvalue weighted by molar-refractivity contribution is 0.107. The first-order valence-corrected chi connectivity index (χ1v) is 15.9. The molecule has 0 aliphatic carbocycles. The Bertz CT molecular complexity index is 2170. The molecule has 9 nitrogen and oxygen atoms in total. The van der Waals surface area contributed by atoms with Crippen LogP contribution in [-0.4, -0.2) is 88.5 Å². The molecule has 0 saturated carbocycles. The summed E-state index contributed by atoms with van der Waals surface area (Å²) in [6, 6.07) is 5.34. The average molecular weight is 654 g/mol. The summed E-state index contributed by atoms with van der Waals surface area (Å²) in [7, 11) is -2.56. The number of aromatic nitrogens is 3. The number of rotatable bonds is 7. The normalized spacial score (nSPS) is 24.5. The maximum Gasteiger partial charge on any atom is 0.319 e. The molecule has 2 bridgehead atoms. The highest BCUT2D eigenvalue weighted by atomic mass is 19.1. The lowest BCUT2D eigenvalue weighted by Crippen LogP contribution is -2.61. The number of benzene rings is 2. The van der Waals surface area contributed by atoms with Crippen LogP contribution in [0.25, 0.3) is 32.9 Å². The summed E-state index contributed by atoms with van der Waals surface area (Å²) in [5, 5.41) is 15.1. The van der Waals surface area contributed by atoms with Gasteiger partial charge in [0, 0.05) is 56.4 Å². The van der Waals surface area contributed by atoms with Crippen LogP contribution in [0.5, 0.6) is 11.8 Å². The van der Waals surface area contributed by atoms with E-state index in [1.807, 2.05) is 4.90 Å². The highest BCUT2D eigenvalue weighted by Crippen LogP contribution is 2.44. The first-order chi connectivity index (χ1) is 24.3. The molecule has 6 heterocycles. The minimum Gasteiger partial charge on any atom is -0.508 e. The lowest BCUT2D eigenvalue weighted by atomic mass is 9.92. The average Bonchev–Trinajstić information content (AvgIpc) is 3.66. The zero-order valence-corrected chi connectivity index (χ0v) is 26.3. The molecule has 2 atom stereocenters. The Morgan fingerprint density at radius 2 is 2.00 bits per heavy atom. The van der Waals surface area contributed by atoms with E-state index in [0.29, 0.717) is 36.1 Å². The Kier molecular flexibility index (Phi) is 6.39. The third kappa shape index (κ3) is 4.89. The van der Waals surface area contributed by atoms with Crippen molar-refractivity contribution < 1.29 is 27.5 Å². The number of fused-ring (bicyclic) bond motifs is 5. The number of nitrogens with one attached hydrogen (secondary N) is 1. The Morgan fingerprint density at radius 3 is 2.77 bits per heavy atom. The van der Waals surface area contributed by atoms with Gasteiger partial charge in [0.05, 0.1) is 32.7 Å². The maximum absolute atomic E-state index is 17.0. The van der Waals surface area contributed by atoms with Crippen LogP contribution in [0.3, 0.4) is 0 Å². The highest BCUT2D eigenvalue weighted by Gasteiger charge is 2.48. The van der Waals surface area contributed by atoms with E-state index in [1.165, 1.54) is 30.5 Å². The first kappa shape index (κ1) is 27.3. The van der Waals surface area contributed by atoms with Gasteiger partial charge >= 0.3 is 6.01 Å². The molecule has 246 valence electrons. The molecule has 0 radical (unpaired) electrons. The van der Waals surface area contributed by atoms with Crippen LogP contribution in [0, 0.1) is 24.0 Å². The number of methoxy groups -OCH3 is 1. The number of aromatic hydroxyl groups is 1. The molecule has 0 unspecified atom stereocenters. The van der Waals surface area contributed by atoms with E-state index in [-0.39, 0.29) is 64.3 Å². The molecular formula is C37H36F2N6O3. The van der Waals surface area contributed by atoms with Crippen molar-refractivity contribution >= 4 is 27.5 Å². The van der Waals surface area contributed by atoms with E-state index in [2.05, 4.69) is 39.3 Å². The number of phenolic OH excluding ortho intramolecular Hbond substituents is 1. The zero-order chi connectivity index (χ0) is 35.9. The number of piperazine rings is 1. The first-order valence-electron chi connectivity index (χ1n) is 17.4. The summed E-state index contributed by atoms with van der Waals surface area (Å²) in [6.45, 7) is 10.9. The van der Waals surface area contributed by atoms with Gasteiger partial charge in [-0.2, -0.15) is 9.97 Å². The van der Waals surface area contributed by atoms with Crippen LogP contribution >= 0.6 is 0 Å². The second-order valence-electron chi connectivity index (χ2n) is 13.7. The third-order valence-corrected chi connectivity index (χ3v) is 10.3. The second kappa shape index (κ2) is 11.2. The van der Waals surface area contributed by atoms with Crippen molar-refractivity contribution in [3.63, 3.8) is 0 Å². The molecule has 2 aromatic carbocycles. The second-order valence-corrected chi connectivity index (χ2v) is 13.7. The quantitative estimate of drug-likeness (QED) is 0.209. The van der Waals surface area contributed by atoms with Crippen LogP contribution in [0.1, 0.15) is 35.4 Å². The number of hydrogen-bond acceptors (Lipinski definition) is 9. The van der Waals surface area contributed by atoms with Gasteiger partial charge in [0.15, 0.2) is 5.82 Å². The molecule has 4 aromatic rings. The molecule has 4 aliphatic rings. The van der Waals surface area contributed by atoms with Crippen molar-refractivity contribution in [2.75, 3.05) is 51.3 Å². The molecule has 4 saturated heterocycles. The van der Waals surface area contributed by atoms with Crippen molar-refractivity contribution in [1.29, 1.82) is 0 Å². The van der Waals surface area contributed by atoms with E-state index >= 15 is 4.39 Å². The van der Waals surface area contributed by atoms with Gasteiger partial charge in [-0.15, -0.1) is 6.42 Å². The number of pyridine rings is 1. The fourth-order valence-corrected chi connectivity index (χ4v) is 8.36. The summed E-state index contributed by atoms with van der Waals surface area (Å²) < 4.78 is 66.5. The van der Waals surface area contributed by atoms with Crippen molar-refractivity contribution in [3.8, 4) is 35.4 Å². The monoisotopic (exact) mass is 653 g/mol. The number of halogens is 2. The van der Waals surface area contributed by atoms with E-state index < -0.39 is 24.2 Å². The van der Waals surface area contributed by atoms with Gasteiger partial charge in [-0.3, -0.25) is 9.88 Å². The Hall–Kier alpha value is -4.63. The van der Waals surface area contributed by atoms with Crippen LogP contribution in [-0.2, 0) is 4.74 Å². The summed E-state index contributed by atoms with van der Waals surface area (Å²) in [5.41, 5.74) is 0.884. The lowest BCUT2D eigenvalue weighted by Gasteiger charge is -2.41. The maximum atomic E-state index is 17.0. The summed E-state index contributed by atoms with van der Waals surface area (Å²) >= 11 is 0. The minimum absolute atomic E-state index is 0.00241. The van der Waals surface area contributed by atoms with Gasteiger partial charge in [0.25, 0.3) is 0 Å². The number of hydrogen-bond donors (Lipinski definition) is 2. The van der Waals surface area contributed by atoms with E-state index in [9.17, 15) is 9.50 Å². The predicted molar refractivity (Wildman–Crippen MR) is 180 cm³/mol. The zero-order valence-electron chi connectivity index (χ0n) is 29.3. The summed E-state index contributed by atoms with van der Waals surface area (Å²) in [4.78, 5) is 18.2. The van der Waals surface area contributed by atoms with Crippen LogP contribution in [0.2, 0.25) is 0 Å². The van der Waals surface area contributed by atoms with Crippen molar-refractivity contribution in [3.05, 3.63) is 72.0 Å². The fourth-order valence-electron chi connectivity index (χ4n) is 8.36. The Balaban J connectivity index is 1.26. The third-order valence-electron chi connectivity index (χ3n) is 10.3. The SMILES string of the molecule is [2H]C([2H])([2H])OC[C@@]12CC[C@@H](CN(c3nc(OCC45CC(=C)CN4CC(=C)C5)nc4c(F)c(-c5cc(O)cc6ccc(F)c(C#C)c56)ncc34)C1)N2. The molecule has 2 aromatic heterocycles. The fraction of sp³-hybridized carbons (Fsp3) is 0.378. The number of phenols is 1. The number of nitrogens with zero attached hydrogens (tertiary/aromatic N) is 5. The van der Waals surface area contributed by atoms with Gasteiger partial charge in [0.2, 0.25) is 0 Å². The molecular weight excluding hydrogens is 614 g/mol. The van der Waals surface area contributed by atoms with Crippen molar-refractivity contribution in [2.45, 2.75) is 42.8 Å². The van der Waals surface area contributed by atoms with Crippen LogP contribution < -0.4 is 15.0 Å². The predicted octanol–water partition coefficient (Wildman–Crippen LogP) is 5.11.